The van der Waals surface area contributed by atoms with Gasteiger partial charge in [-0.05, 0) is 30.7 Å². The van der Waals surface area contributed by atoms with Crippen LogP contribution in [0.1, 0.15) is 30.6 Å². The molecule has 1 heterocycles. The number of nitrogens with zero attached hydrogens (tertiary/aromatic N) is 2. The van der Waals surface area contributed by atoms with Gasteiger partial charge in [0.2, 0.25) is 0 Å². The fourth-order valence-electron chi connectivity index (χ4n) is 1.83. The van der Waals surface area contributed by atoms with Gasteiger partial charge in [-0.25, -0.2) is 0 Å². The van der Waals surface area contributed by atoms with Crippen molar-refractivity contribution < 1.29 is 4.74 Å². The second-order valence-electron chi connectivity index (χ2n) is 4.06. The van der Waals surface area contributed by atoms with Crippen molar-refractivity contribution in [2.45, 2.75) is 19.4 Å². The number of ether oxygens (including phenoxy) is 1. The number of aromatic nitrogens is 3. The molecule has 0 aliphatic heterocycles. The highest BCUT2D eigenvalue weighted by atomic mass is 16.5. The predicted octanol–water partition coefficient (Wildman–Crippen LogP) is 1.90. The van der Waals surface area contributed by atoms with Crippen molar-refractivity contribution in [1.82, 2.24) is 20.7 Å². The van der Waals surface area contributed by atoms with E-state index in [1.54, 1.807) is 13.3 Å². The molecule has 96 valence electrons. The smallest absolute Gasteiger partial charge is 0.118 e. The molecule has 1 aromatic carbocycles. The summed E-state index contributed by atoms with van der Waals surface area (Å²) >= 11 is 0. The van der Waals surface area contributed by atoms with E-state index in [0.29, 0.717) is 0 Å². The van der Waals surface area contributed by atoms with Crippen LogP contribution in [0.5, 0.6) is 5.75 Å². The van der Waals surface area contributed by atoms with E-state index in [1.165, 1.54) is 0 Å². The topological polar surface area (TPSA) is 62.8 Å². The average Bonchev–Trinajstić information content (AvgIpc) is 2.94. The third kappa shape index (κ3) is 2.87. The summed E-state index contributed by atoms with van der Waals surface area (Å²) < 4.78 is 5.17. The Labute approximate surface area is 107 Å². The second-order valence-corrected chi connectivity index (χ2v) is 4.06. The van der Waals surface area contributed by atoms with Crippen LogP contribution >= 0.6 is 0 Å². The van der Waals surface area contributed by atoms with Gasteiger partial charge in [-0.3, -0.25) is 0 Å². The third-order valence-corrected chi connectivity index (χ3v) is 2.78. The van der Waals surface area contributed by atoms with E-state index < -0.39 is 0 Å². The predicted molar refractivity (Wildman–Crippen MR) is 69.5 cm³/mol. The first-order chi connectivity index (χ1) is 8.85. The van der Waals surface area contributed by atoms with Crippen LogP contribution in [0.15, 0.2) is 30.5 Å². The number of aromatic amines is 1. The Bertz CT molecular complexity index is 452. The van der Waals surface area contributed by atoms with Crippen molar-refractivity contribution in [3.05, 3.63) is 41.7 Å². The molecule has 0 fully saturated rings. The molecule has 0 saturated heterocycles. The summed E-state index contributed by atoms with van der Waals surface area (Å²) in [6.07, 6.45) is 2.82. The van der Waals surface area contributed by atoms with Gasteiger partial charge in [0.05, 0.1) is 19.3 Å². The van der Waals surface area contributed by atoms with E-state index in [2.05, 4.69) is 27.7 Å². The van der Waals surface area contributed by atoms with Gasteiger partial charge in [-0.15, -0.1) is 0 Å². The van der Waals surface area contributed by atoms with E-state index >= 15 is 0 Å². The minimum Gasteiger partial charge on any atom is -0.497 e. The van der Waals surface area contributed by atoms with Crippen molar-refractivity contribution >= 4 is 0 Å². The minimum atomic E-state index is 0.0645. The number of methoxy groups -OCH3 is 1. The van der Waals surface area contributed by atoms with Crippen LogP contribution in [-0.2, 0) is 0 Å². The zero-order valence-electron chi connectivity index (χ0n) is 10.7. The molecule has 0 bridgehead atoms. The molecule has 18 heavy (non-hydrogen) atoms. The van der Waals surface area contributed by atoms with Crippen LogP contribution in [0.3, 0.4) is 0 Å². The zero-order valence-corrected chi connectivity index (χ0v) is 10.7. The lowest BCUT2D eigenvalue weighted by molar-refractivity contribution is 0.414. The van der Waals surface area contributed by atoms with Gasteiger partial charge in [0.15, 0.2) is 0 Å². The molecule has 5 nitrogen and oxygen atoms in total. The van der Waals surface area contributed by atoms with Gasteiger partial charge in [0.25, 0.3) is 0 Å². The van der Waals surface area contributed by atoms with E-state index in [-0.39, 0.29) is 6.04 Å². The molecule has 1 atom stereocenters. The Balaban J connectivity index is 2.21. The molecule has 0 amide bonds. The normalized spacial score (nSPS) is 12.3. The molecule has 2 rings (SSSR count). The summed E-state index contributed by atoms with van der Waals surface area (Å²) in [5.41, 5.74) is 2.05. The van der Waals surface area contributed by atoms with E-state index in [4.69, 9.17) is 4.74 Å². The van der Waals surface area contributed by atoms with Crippen LogP contribution in [0.4, 0.5) is 0 Å². The standard InChI is InChI=1S/C13H18N4O/c1-3-8-14-13(12-9-15-17-16-12)10-4-6-11(18-2)7-5-10/h4-7,9,13-14H,3,8H2,1-2H3,(H,15,16,17). The maximum atomic E-state index is 5.17. The molecular weight excluding hydrogens is 228 g/mol. The first kappa shape index (κ1) is 12.6. The maximum absolute atomic E-state index is 5.17. The van der Waals surface area contributed by atoms with Crippen molar-refractivity contribution in [2.24, 2.45) is 0 Å². The lowest BCUT2D eigenvalue weighted by atomic mass is 10.0. The van der Waals surface area contributed by atoms with Gasteiger partial charge in [-0.1, -0.05) is 19.1 Å². The van der Waals surface area contributed by atoms with Gasteiger partial charge in [0.1, 0.15) is 11.4 Å². The van der Waals surface area contributed by atoms with Gasteiger partial charge in [-0.2, -0.15) is 15.4 Å². The summed E-state index contributed by atoms with van der Waals surface area (Å²) in [7, 11) is 1.67. The van der Waals surface area contributed by atoms with Gasteiger partial charge >= 0.3 is 0 Å². The molecule has 0 aliphatic rings. The molecule has 0 radical (unpaired) electrons. The summed E-state index contributed by atoms with van der Waals surface area (Å²) in [6, 6.07) is 8.06. The molecule has 5 heteroatoms. The fourth-order valence-corrected chi connectivity index (χ4v) is 1.83. The van der Waals surface area contributed by atoms with Crippen LogP contribution < -0.4 is 10.1 Å². The molecule has 2 aromatic rings. The van der Waals surface area contributed by atoms with Gasteiger partial charge < -0.3 is 10.1 Å². The lowest BCUT2D eigenvalue weighted by Gasteiger charge is -2.16. The maximum Gasteiger partial charge on any atom is 0.118 e. The summed E-state index contributed by atoms with van der Waals surface area (Å²) in [5.74, 6) is 0.855. The molecule has 1 unspecified atom stereocenters. The highest BCUT2D eigenvalue weighted by Crippen LogP contribution is 2.22. The van der Waals surface area contributed by atoms with Crippen molar-refractivity contribution in [3.63, 3.8) is 0 Å². The highest BCUT2D eigenvalue weighted by Gasteiger charge is 2.15. The first-order valence-corrected chi connectivity index (χ1v) is 6.08. The first-order valence-electron chi connectivity index (χ1n) is 6.08. The average molecular weight is 246 g/mol. The number of hydrogen-bond donors (Lipinski definition) is 2. The summed E-state index contributed by atoms with van der Waals surface area (Å²) in [5, 5.41) is 14.1. The van der Waals surface area contributed by atoms with Crippen LogP contribution in [0.25, 0.3) is 0 Å². The third-order valence-electron chi connectivity index (χ3n) is 2.78. The Kier molecular flexibility index (Phi) is 4.30. The van der Waals surface area contributed by atoms with E-state index in [1.807, 2.05) is 24.3 Å². The highest BCUT2D eigenvalue weighted by molar-refractivity contribution is 5.32. The number of benzene rings is 1. The Morgan fingerprint density at radius 2 is 2.11 bits per heavy atom. The largest absolute Gasteiger partial charge is 0.497 e. The quantitative estimate of drug-likeness (QED) is 0.817. The Morgan fingerprint density at radius 3 is 2.67 bits per heavy atom. The molecule has 0 saturated carbocycles. The number of rotatable bonds is 6. The number of nitrogens with one attached hydrogen (secondary N) is 2. The molecular formula is C13H18N4O. The Hall–Kier alpha value is -1.88. The SMILES string of the molecule is CCCNC(c1ccc(OC)cc1)c1cn[nH]n1. The second kappa shape index (κ2) is 6.16. The van der Waals surface area contributed by atoms with Crippen LogP contribution in [-0.4, -0.2) is 29.1 Å². The van der Waals surface area contributed by atoms with Crippen molar-refractivity contribution in [3.8, 4) is 5.75 Å². The molecule has 0 spiro atoms. The van der Waals surface area contributed by atoms with Crippen LogP contribution in [0.2, 0.25) is 0 Å². The Morgan fingerprint density at radius 1 is 1.33 bits per heavy atom. The van der Waals surface area contributed by atoms with Crippen molar-refractivity contribution in [1.29, 1.82) is 0 Å². The zero-order chi connectivity index (χ0) is 12.8. The van der Waals surface area contributed by atoms with Crippen LogP contribution in [0, 0.1) is 0 Å². The fraction of sp³-hybridized carbons (Fsp3) is 0.385. The number of H-pyrrole nitrogens is 1. The molecule has 1 aromatic heterocycles. The van der Waals surface area contributed by atoms with E-state index in [0.717, 1.165) is 30.0 Å². The molecule has 0 aliphatic carbocycles. The van der Waals surface area contributed by atoms with Crippen molar-refractivity contribution in [2.75, 3.05) is 13.7 Å². The summed E-state index contributed by atoms with van der Waals surface area (Å²) in [6.45, 7) is 3.07. The lowest BCUT2D eigenvalue weighted by Crippen LogP contribution is -2.23. The van der Waals surface area contributed by atoms with E-state index in [9.17, 15) is 0 Å². The number of hydrogen-bond acceptors (Lipinski definition) is 4. The molecule has 2 N–H and O–H groups in total. The minimum absolute atomic E-state index is 0.0645. The van der Waals surface area contributed by atoms with Gasteiger partial charge in [0, 0.05) is 0 Å². The summed E-state index contributed by atoms with van der Waals surface area (Å²) in [4.78, 5) is 0. The monoisotopic (exact) mass is 246 g/mol.